The normalized spacial score (nSPS) is 11.1. The van der Waals surface area contributed by atoms with Crippen molar-refractivity contribution in [1.82, 2.24) is 5.32 Å². The fraction of sp³-hybridized carbons (Fsp3) is 0.714. The van der Waals surface area contributed by atoms with Crippen molar-refractivity contribution in [1.29, 1.82) is 0 Å². The Labute approximate surface area is 120 Å². The average molecular weight is 287 g/mol. The summed E-state index contributed by atoms with van der Waals surface area (Å²) in [5.41, 5.74) is 1.30. The van der Waals surface area contributed by atoms with Gasteiger partial charge in [-0.1, -0.05) is 0 Å². The minimum atomic E-state index is 0.656. The first-order chi connectivity index (χ1) is 9.27. The number of methoxy groups -OCH3 is 1. The number of hydrogen-bond donors (Lipinski definition) is 1. The van der Waals surface area contributed by atoms with Crippen molar-refractivity contribution in [3.63, 3.8) is 0 Å². The van der Waals surface area contributed by atoms with Crippen molar-refractivity contribution in [3.05, 3.63) is 21.4 Å². The molecule has 1 aromatic heterocycles. The summed E-state index contributed by atoms with van der Waals surface area (Å²) in [4.78, 5) is 2.71. The molecule has 0 aromatic carbocycles. The average Bonchev–Trinajstić information content (AvgIpc) is 2.74. The number of rotatable bonds is 11. The highest BCUT2D eigenvalue weighted by molar-refractivity contribution is 7.12. The van der Waals surface area contributed by atoms with E-state index in [0.29, 0.717) is 19.8 Å². The molecule has 0 aliphatic rings. The van der Waals surface area contributed by atoms with E-state index >= 15 is 0 Å². The molecule has 110 valence electrons. The van der Waals surface area contributed by atoms with Gasteiger partial charge in [-0.2, -0.15) is 0 Å². The maximum absolute atomic E-state index is 5.67. The van der Waals surface area contributed by atoms with Crippen LogP contribution in [0.1, 0.15) is 21.7 Å². The summed E-state index contributed by atoms with van der Waals surface area (Å²) in [6.45, 7) is 6.57. The number of nitrogens with one attached hydrogen (secondary N) is 1. The van der Waals surface area contributed by atoms with Gasteiger partial charge in [0.1, 0.15) is 0 Å². The van der Waals surface area contributed by atoms with Crippen LogP contribution < -0.4 is 5.32 Å². The molecule has 0 radical (unpaired) electrons. The minimum absolute atomic E-state index is 0.656. The van der Waals surface area contributed by atoms with E-state index in [1.807, 2.05) is 18.4 Å². The molecule has 0 aliphatic heterocycles. The van der Waals surface area contributed by atoms with E-state index in [2.05, 4.69) is 18.3 Å². The van der Waals surface area contributed by atoms with Gasteiger partial charge in [-0.3, -0.25) is 0 Å². The standard InChI is InChI=1S/C14H25NO3S/c1-12-13(9-14(19-12)10-15-2)11-18-6-4-5-17-8-7-16-3/h9,15H,4-8,10-11H2,1-3H3. The van der Waals surface area contributed by atoms with Crippen LogP contribution in [0.25, 0.3) is 0 Å². The first kappa shape index (κ1) is 16.6. The molecule has 0 fully saturated rings. The lowest BCUT2D eigenvalue weighted by molar-refractivity contribution is 0.0483. The van der Waals surface area contributed by atoms with E-state index in [4.69, 9.17) is 14.2 Å². The summed E-state index contributed by atoms with van der Waals surface area (Å²) in [6, 6.07) is 2.23. The number of hydrogen-bond acceptors (Lipinski definition) is 5. The summed E-state index contributed by atoms with van der Waals surface area (Å²) < 4.78 is 16.0. The topological polar surface area (TPSA) is 39.7 Å². The van der Waals surface area contributed by atoms with Crippen molar-refractivity contribution < 1.29 is 14.2 Å². The van der Waals surface area contributed by atoms with E-state index in [1.54, 1.807) is 7.11 Å². The molecular weight excluding hydrogens is 262 g/mol. The van der Waals surface area contributed by atoms with Crippen molar-refractivity contribution >= 4 is 11.3 Å². The molecule has 4 nitrogen and oxygen atoms in total. The van der Waals surface area contributed by atoms with Gasteiger partial charge in [0.05, 0.1) is 19.8 Å². The molecule has 0 bridgehead atoms. The Bertz CT molecular complexity index is 341. The zero-order valence-electron chi connectivity index (χ0n) is 12.2. The molecule has 19 heavy (non-hydrogen) atoms. The second-order valence-electron chi connectivity index (χ2n) is 4.34. The molecule has 0 spiro atoms. The van der Waals surface area contributed by atoms with E-state index in [0.717, 1.165) is 26.2 Å². The summed E-state index contributed by atoms with van der Waals surface area (Å²) in [6.07, 6.45) is 0.927. The van der Waals surface area contributed by atoms with Gasteiger partial charge in [0.25, 0.3) is 0 Å². The predicted molar refractivity (Wildman–Crippen MR) is 78.8 cm³/mol. The molecular formula is C14H25NO3S. The fourth-order valence-corrected chi connectivity index (χ4v) is 2.74. The quantitative estimate of drug-likeness (QED) is 0.634. The summed E-state index contributed by atoms with van der Waals surface area (Å²) in [5.74, 6) is 0. The Morgan fingerprint density at radius 1 is 1.16 bits per heavy atom. The monoisotopic (exact) mass is 287 g/mol. The fourth-order valence-electron chi connectivity index (χ4n) is 1.68. The maximum Gasteiger partial charge on any atom is 0.0727 e. The van der Waals surface area contributed by atoms with E-state index in [9.17, 15) is 0 Å². The van der Waals surface area contributed by atoms with Crippen LogP contribution in [0.5, 0.6) is 0 Å². The molecule has 5 heteroatoms. The van der Waals surface area contributed by atoms with E-state index in [1.165, 1.54) is 15.3 Å². The third kappa shape index (κ3) is 7.03. The molecule has 0 atom stereocenters. The van der Waals surface area contributed by atoms with Gasteiger partial charge in [-0.25, -0.2) is 0 Å². The molecule has 1 aromatic rings. The zero-order valence-corrected chi connectivity index (χ0v) is 13.0. The Hall–Kier alpha value is -0.460. The van der Waals surface area contributed by atoms with Crippen molar-refractivity contribution in [2.75, 3.05) is 40.6 Å². The second kappa shape index (κ2) is 10.3. The Morgan fingerprint density at radius 2 is 1.95 bits per heavy atom. The predicted octanol–water partition coefficient (Wildman–Crippen LogP) is 2.35. The van der Waals surface area contributed by atoms with E-state index < -0.39 is 0 Å². The summed E-state index contributed by atoms with van der Waals surface area (Å²) >= 11 is 1.84. The zero-order chi connectivity index (χ0) is 13.9. The smallest absolute Gasteiger partial charge is 0.0727 e. The molecule has 1 heterocycles. The first-order valence-corrected chi connectivity index (χ1v) is 7.46. The lowest BCUT2D eigenvalue weighted by Gasteiger charge is -2.05. The number of ether oxygens (including phenoxy) is 3. The lowest BCUT2D eigenvalue weighted by atomic mass is 10.2. The van der Waals surface area contributed by atoms with Gasteiger partial charge in [0.2, 0.25) is 0 Å². The van der Waals surface area contributed by atoms with Crippen molar-refractivity contribution in [2.45, 2.75) is 26.5 Å². The van der Waals surface area contributed by atoms with E-state index in [-0.39, 0.29) is 0 Å². The van der Waals surface area contributed by atoms with Crippen LogP contribution in [0.3, 0.4) is 0 Å². The summed E-state index contributed by atoms with van der Waals surface area (Å²) in [5, 5.41) is 3.17. The molecule has 1 N–H and O–H groups in total. The number of aryl methyl sites for hydroxylation is 1. The SMILES string of the molecule is CNCc1cc(COCCCOCCOC)c(C)s1. The van der Waals surface area contributed by atoms with Gasteiger partial charge in [0, 0.05) is 36.6 Å². The Balaban J connectivity index is 2.08. The van der Waals surface area contributed by atoms with Gasteiger partial charge >= 0.3 is 0 Å². The Morgan fingerprint density at radius 3 is 2.68 bits per heavy atom. The molecule has 0 saturated heterocycles. The largest absolute Gasteiger partial charge is 0.382 e. The third-order valence-corrected chi connectivity index (χ3v) is 3.78. The maximum atomic E-state index is 5.67. The highest BCUT2D eigenvalue weighted by atomic mass is 32.1. The third-order valence-electron chi connectivity index (χ3n) is 2.69. The van der Waals surface area contributed by atoms with Crippen LogP contribution in [0.15, 0.2) is 6.07 Å². The van der Waals surface area contributed by atoms with Gasteiger partial charge in [-0.05, 0) is 32.0 Å². The van der Waals surface area contributed by atoms with Crippen molar-refractivity contribution in [2.24, 2.45) is 0 Å². The lowest BCUT2D eigenvalue weighted by Crippen LogP contribution is -2.05. The second-order valence-corrected chi connectivity index (χ2v) is 5.68. The van der Waals surface area contributed by atoms with Crippen LogP contribution in [-0.2, 0) is 27.4 Å². The first-order valence-electron chi connectivity index (χ1n) is 6.65. The molecule has 0 unspecified atom stereocenters. The van der Waals surface area contributed by atoms with Crippen LogP contribution in [-0.4, -0.2) is 40.6 Å². The van der Waals surface area contributed by atoms with Crippen LogP contribution >= 0.6 is 11.3 Å². The van der Waals surface area contributed by atoms with Gasteiger partial charge < -0.3 is 19.5 Å². The van der Waals surface area contributed by atoms with Gasteiger partial charge in [-0.15, -0.1) is 11.3 Å². The van der Waals surface area contributed by atoms with Gasteiger partial charge in [0.15, 0.2) is 0 Å². The molecule has 0 saturated carbocycles. The summed E-state index contributed by atoms with van der Waals surface area (Å²) in [7, 11) is 3.65. The van der Waals surface area contributed by atoms with Crippen molar-refractivity contribution in [3.8, 4) is 0 Å². The highest BCUT2D eigenvalue weighted by Gasteiger charge is 2.04. The molecule has 0 amide bonds. The van der Waals surface area contributed by atoms with Crippen LogP contribution in [0.4, 0.5) is 0 Å². The number of thiophene rings is 1. The minimum Gasteiger partial charge on any atom is -0.382 e. The molecule has 0 aliphatic carbocycles. The molecule has 1 rings (SSSR count). The van der Waals surface area contributed by atoms with Crippen LogP contribution in [0, 0.1) is 6.92 Å². The Kier molecular flexibility index (Phi) is 9.03. The highest BCUT2D eigenvalue weighted by Crippen LogP contribution is 2.22. The van der Waals surface area contributed by atoms with Crippen LogP contribution in [0.2, 0.25) is 0 Å².